The molecule has 0 unspecified atom stereocenters. The van der Waals surface area contributed by atoms with Crippen molar-refractivity contribution in [1.29, 1.82) is 0 Å². The number of β-lactam (4-membered cyclic amide) rings is 1. The molecule has 3 amide bonds. The Morgan fingerprint density at radius 2 is 1.42 bits per heavy atom. The quantitative estimate of drug-likeness (QED) is 0.294. The first-order chi connectivity index (χ1) is 17.5. The summed E-state index contributed by atoms with van der Waals surface area (Å²) in [5, 5.41) is 0. The Bertz CT molecular complexity index is 1320. The van der Waals surface area contributed by atoms with Gasteiger partial charge in [0.2, 0.25) is 5.91 Å². The van der Waals surface area contributed by atoms with E-state index in [9.17, 15) is 19.2 Å². The number of benzene rings is 3. The van der Waals surface area contributed by atoms with E-state index >= 15 is 0 Å². The van der Waals surface area contributed by atoms with Crippen molar-refractivity contribution in [3.63, 3.8) is 0 Å². The van der Waals surface area contributed by atoms with E-state index in [2.05, 4.69) is 0 Å². The predicted molar refractivity (Wildman–Crippen MR) is 133 cm³/mol. The Morgan fingerprint density at radius 3 is 2.00 bits per heavy atom. The molecule has 7 nitrogen and oxygen atoms in total. The van der Waals surface area contributed by atoms with Gasteiger partial charge in [-0.15, -0.1) is 0 Å². The van der Waals surface area contributed by atoms with E-state index in [0.29, 0.717) is 0 Å². The van der Waals surface area contributed by atoms with Gasteiger partial charge in [-0.2, -0.15) is 0 Å². The Morgan fingerprint density at radius 1 is 0.861 bits per heavy atom. The second-order valence-electron chi connectivity index (χ2n) is 8.71. The fraction of sp³-hybridized carbons (Fsp3) is 0.172. The van der Waals surface area contributed by atoms with E-state index < -0.39 is 41.8 Å². The number of carbonyl (C=O) groups excluding carboxylic acids is 4. The van der Waals surface area contributed by atoms with Crippen LogP contribution in [0.15, 0.2) is 91.0 Å². The molecule has 3 atom stereocenters. The molecular weight excluding hydrogens is 456 g/mol. The number of fused-ring (bicyclic) bond motifs is 1. The summed E-state index contributed by atoms with van der Waals surface area (Å²) in [6.45, 7) is 0. The Balaban J connectivity index is 1.52. The Hall–Kier alpha value is -4.52. The van der Waals surface area contributed by atoms with Crippen LogP contribution in [-0.2, 0) is 20.7 Å². The summed E-state index contributed by atoms with van der Waals surface area (Å²) in [5.41, 5.74) is 2.29. The highest BCUT2D eigenvalue weighted by Crippen LogP contribution is 2.36. The summed E-state index contributed by atoms with van der Waals surface area (Å²) >= 11 is 0. The van der Waals surface area contributed by atoms with Crippen LogP contribution >= 0.6 is 0 Å². The number of nitrogens with zero attached hydrogens (tertiary/aromatic N) is 2. The minimum Gasteiger partial charge on any atom is -0.467 e. The second-order valence-corrected chi connectivity index (χ2v) is 8.71. The summed E-state index contributed by atoms with van der Waals surface area (Å²) in [7, 11) is 1.28. The van der Waals surface area contributed by atoms with Gasteiger partial charge in [0, 0.05) is 6.42 Å². The summed E-state index contributed by atoms with van der Waals surface area (Å²) in [6.07, 6.45) is 3.84. The normalized spacial score (nSPS) is 19.9. The topological polar surface area (TPSA) is 84.0 Å². The monoisotopic (exact) mass is 480 g/mol. The average Bonchev–Trinajstić information content (AvgIpc) is 3.16. The van der Waals surface area contributed by atoms with Crippen molar-refractivity contribution in [1.82, 2.24) is 9.80 Å². The summed E-state index contributed by atoms with van der Waals surface area (Å²) in [6, 6.07) is 22.7. The van der Waals surface area contributed by atoms with Gasteiger partial charge in [0.25, 0.3) is 11.8 Å². The molecule has 3 aromatic carbocycles. The number of imide groups is 1. The highest BCUT2D eigenvalue weighted by atomic mass is 16.5. The third-order valence-electron chi connectivity index (χ3n) is 6.62. The van der Waals surface area contributed by atoms with Crippen LogP contribution in [0, 0.1) is 0 Å². The molecular formula is C29H24N2O5. The molecule has 0 bridgehead atoms. The van der Waals surface area contributed by atoms with Gasteiger partial charge in [-0.05, 0) is 23.3 Å². The molecule has 1 saturated heterocycles. The van der Waals surface area contributed by atoms with E-state index in [4.69, 9.17) is 4.74 Å². The molecule has 0 spiro atoms. The number of hydrogen-bond acceptors (Lipinski definition) is 5. The van der Waals surface area contributed by atoms with Crippen LogP contribution in [0.2, 0.25) is 0 Å². The maximum absolute atomic E-state index is 13.6. The zero-order chi connectivity index (χ0) is 25.2. The van der Waals surface area contributed by atoms with Crippen LogP contribution in [0.25, 0.3) is 6.08 Å². The number of rotatable bonds is 7. The molecule has 3 aromatic rings. The molecule has 0 aromatic heterocycles. The molecule has 2 aliphatic rings. The standard InChI is InChI=1S/C29H24N2O5/c1-36-29(35)24(18-20-12-6-3-7-13-20)30-23(17-16-19-10-4-2-5-11-19)25(28(30)34)31-26(32)21-14-8-9-15-22(21)27(31)33/h2-17,23-25H,18H2,1H3/t23-,24-,25+/m0/s1. The first kappa shape index (κ1) is 23.2. The van der Waals surface area contributed by atoms with Crippen LogP contribution in [0.5, 0.6) is 0 Å². The lowest BCUT2D eigenvalue weighted by Gasteiger charge is -2.51. The number of esters is 1. The van der Waals surface area contributed by atoms with Crippen molar-refractivity contribution in [2.75, 3.05) is 7.11 Å². The van der Waals surface area contributed by atoms with Crippen LogP contribution in [0.3, 0.4) is 0 Å². The number of hydrogen-bond donors (Lipinski definition) is 0. The zero-order valence-electron chi connectivity index (χ0n) is 19.6. The lowest BCUT2D eigenvalue weighted by atomic mass is 9.88. The van der Waals surface area contributed by atoms with E-state index in [1.165, 1.54) is 12.0 Å². The molecule has 1 fully saturated rings. The number of ether oxygens (including phenoxy) is 1. The number of likely N-dealkylation sites (tertiary alicyclic amines) is 1. The highest BCUT2D eigenvalue weighted by Gasteiger charge is 2.58. The maximum Gasteiger partial charge on any atom is 0.328 e. The van der Waals surface area contributed by atoms with Crippen molar-refractivity contribution >= 4 is 29.8 Å². The molecule has 0 aliphatic carbocycles. The Kier molecular flexibility index (Phi) is 6.21. The lowest BCUT2D eigenvalue weighted by molar-refractivity contribution is -0.167. The molecule has 0 saturated carbocycles. The van der Waals surface area contributed by atoms with Crippen molar-refractivity contribution in [3.8, 4) is 0 Å². The van der Waals surface area contributed by atoms with Gasteiger partial charge in [-0.25, -0.2) is 4.79 Å². The van der Waals surface area contributed by atoms with Gasteiger partial charge in [-0.1, -0.05) is 84.9 Å². The van der Waals surface area contributed by atoms with Crippen molar-refractivity contribution in [2.24, 2.45) is 0 Å². The van der Waals surface area contributed by atoms with E-state index in [-0.39, 0.29) is 17.5 Å². The third-order valence-corrected chi connectivity index (χ3v) is 6.62. The summed E-state index contributed by atoms with van der Waals surface area (Å²) in [5.74, 6) is -2.06. The van der Waals surface area contributed by atoms with Gasteiger partial charge in [-0.3, -0.25) is 19.3 Å². The maximum atomic E-state index is 13.6. The van der Waals surface area contributed by atoms with Gasteiger partial charge < -0.3 is 9.64 Å². The summed E-state index contributed by atoms with van der Waals surface area (Å²) in [4.78, 5) is 55.3. The molecule has 0 N–H and O–H groups in total. The van der Waals surface area contributed by atoms with E-state index in [1.54, 1.807) is 30.3 Å². The fourth-order valence-corrected chi connectivity index (χ4v) is 4.84. The molecule has 0 radical (unpaired) electrons. The predicted octanol–water partition coefficient (Wildman–Crippen LogP) is 3.36. The average molecular weight is 481 g/mol. The first-order valence-corrected chi connectivity index (χ1v) is 11.7. The van der Waals surface area contributed by atoms with Gasteiger partial charge in [0.1, 0.15) is 12.1 Å². The molecule has 2 heterocycles. The summed E-state index contributed by atoms with van der Waals surface area (Å²) < 4.78 is 5.05. The largest absolute Gasteiger partial charge is 0.467 e. The molecule has 5 rings (SSSR count). The van der Waals surface area contributed by atoms with Gasteiger partial charge in [0.05, 0.1) is 24.3 Å². The smallest absolute Gasteiger partial charge is 0.328 e. The van der Waals surface area contributed by atoms with E-state index in [1.807, 2.05) is 66.7 Å². The van der Waals surface area contributed by atoms with Crippen molar-refractivity contribution in [2.45, 2.75) is 24.5 Å². The minimum atomic E-state index is -1.06. The zero-order valence-corrected chi connectivity index (χ0v) is 19.6. The molecule has 2 aliphatic heterocycles. The molecule has 180 valence electrons. The second kappa shape index (κ2) is 9.62. The SMILES string of the molecule is COC(=O)[C@H](Cc1ccccc1)N1C(=O)[C@H](N2C(=O)c3ccccc3C2=O)[C@@H]1C=Cc1ccccc1. The van der Waals surface area contributed by atoms with Crippen LogP contribution in [-0.4, -0.2) is 58.7 Å². The van der Waals surface area contributed by atoms with Crippen LogP contribution in [0.1, 0.15) is 31.8 Å². The van der Waals surface area contributed by atoms with Crippen molar-refractivity contribution < 1.29 is 23.9 Å². The number of amides is 3. The minimum absolute atomic E-state index is 0.240. The first-order valence-electron chi connectivity index (χ1n) is 11.7. The number of carbonyl (C=O) groups is 4. The van der Waals surface area contributed by atoms with Crippen LogP contribution < -0.4 is 0 Å². The van der Waals surface area contributed by atoms with Crippen LogP contribution in [0.4, 0.5) is 0 Å². The highest BCUT2D eigenvalue weighted by molar-refractivity contribution is 6.23. The fourth-order valence-electron chi connectivity index (χ4n) is 4.84. The lowest BCUT2D eigenvalue weighted by Crippen LogP contribution is -2.74. The third kappa shape index (κ3) is 3.98. The molecule has 36 heavy (non-hydrogen) atoms. The molecule has 7 heteroatoms. The van der Waals surface area contributed by atoms with Gasteiger partial charge >= 0.3 is 5.97 Å². The van der Waals surface area contributed by atoms with Gasteiger partial charge in [0.15, 0.2) is 0 Å². The Labute approximate surface area is 208 Å². The number of methoxy groups -OCH3 is 1. The van der Waals surface area contributed by atoms with Crippen molar-refractivity contribution in [3.05, 3.63) is 113 Å². The van der Waals surface area contributed by atoms with E-state index in [0.717, 1.165) is 16.0 Å².